The molecule has 0 aliphatic heterocycles. The van der Waals surface area contributed by atoms with Crippen molar-refractivity contribution in [1.29, 1.82) is 0 Å². The minimum atomic E-state index is 0.724. The Hall–Kier alpha value is -2.69. The Balaban J connectivity index is 1.67. The highest BCUT2D eigenvalue weighted by Crippen LogP contribution is 2.14. The zero-order valence-corrected chi connectivity index (χ0v) is 11.9. The standard InChI is InChI=1S/C16H17N5/c1-13-5-6-17-8-15(13)9-19-16-4-2-3-14(7-16)10-21-12-18-11-20-21/h2-8,11-12,19H,9-10H2,1H3. The fourth-order valence-electron chi connectivity index (χ4n) is 2.16. The van der Waals surface area contributed by atoms with Crippen molar-refractivity contribution in [1.82, 2.24) is 19.7 Å². The molecule has 1 N–H and O–H groups in total. The predicted molar refractivity (Wildman–Crippen MR) is 81.9 cm³/mol. The molecule has 21 heavy (non-hydrogen) atoms. The number of nitrogens with zero attached hydrogens (tertiary/aromatic N) is 4. The van der Waals surface area contributed by atoms with Gasteiger partial charge in [-0.3, -0.25) is 4.98 Å². The van der Waals surface area contributed by atoms with Crippen molar-refractivity contribution < 1.29 is 0 Å². The van der Waals surface area contributed by atoms with Crippen molar-refractivity contribution in [2.45, 2.75) is 20.0 Å². The van der Waals surface area contributed by atoms with Crippen LogP contribution in [-0.4, -0.2) is 19.7 Å². The predicted octanol–water partition coefficient (Wildman–Crippen LogP) is 2.64. The minimum Gasteiger partial charge on any atom is -0.381 e. The number of nitrogens with one attached hydrogen (secondary N) is 1. The highest BCUT2D eigenvalue weighted by Gasteiger charge is 2.00. The van der Waals surface area contributed by atoms with Gasteiger partial charge in [0.05, 0.1) is 6.54 Å². The molecule has 0 spiro atoms. The molecule has 0 radical (unpaired) electrons. The summed E-state index contributed by atoms with van der Waals surface area (Å²) in [6.45, 7) is 3.59. The summed E-state index contributed by atoms with van der Waals surface area (Å²) in [4.78, 5) is 8.12. The normalized spacial score (nSPS) is 10.5. The van der Waals surface area contributed by atoms with Crippen molar-refractivity contribution in [2.75, 3.05) is 5.32 Å². The van der Waals surface area contributed by atoms with Crippen molar-refractivity contribution in [3.63, 3.8) is 0 Å². The van der Waals surface area contributed by atoms with Gasteiger partial charge < -0.3 is 5.32 Å². The van der Waals surface area contributed by atoms with Crippen LogP contribution < -0.4 is 5.32 Å². The maximum absolute atomic E-state index is 4.17. The van der Waals surface area contributed by atoms with Crippen LogP contribution in [0.1, 0.15) is 16.7 Å². The van der Waals surface area contributed by atoms with E-state index in [0.29, 0.717) is 0 Å². The van der Waals surface area contributed by atoms with E-state index < -0.39 is 0 Å². The van der Waals surface area contributed by atoms with Crippen LogP contribution in [0.25, 0.3) is 0 Å². The van der Waals surface area contributed by atoms with Crippen molar-refractivity contribution >= 4 is 5.69 Å². The SMILES string of the molecule is Cc1ccncc1CNc1cccc(Cn2cncn2)c1. The molecule has 2 heterocycles. The molecule has 5 heteroatoms. The van der Waals surface area contributed by atoms with Crippen LogP contribution in [0.5, 0.6) is 0 Å². The molecule has 3 aromatic rings. The molecule has 0 aliphatic carbocycles. The fraction of sp³-hybridized carbons (Fsp3) is 0.188. The second-order valence-electron chi connectivity index (χ2n) is 4.95. The van der Waals surface area contributed by atoms with E-state index in [9.17, 15) is 0 Å². The lowest BCUT2D eigenvalue weighted by Crippen LogP contribution is -2.04. The molecule has 0 atom stereocenters. The quantitative estimate of drug-likeness (QED) is 0.780. The van der Waals surface area contributed by atoms with Gasteiger partial charge in [-0.05, 0) is 41.8 Å². The third-order valence-corrected chi connectivity index (χ3v) is 3.37. The number of hydrogen-bond acceptors (Lipinski definition) is 4. The molecule has 0 bridgehead atoms. The first-order valence-corrected chi connectivity index (χ1v) is 6.86. The van der Waals surface area contributed by atoms with Gasteiger partial charge in [-0.15, -0.1) is 0 Å². The number of pyridine rings is 1. The number of aryl methyl sites for hydroxylation is 1. The lowest BCUT2D eigenvalue weighted by Gasteiger charge is -2.10. The summed E-state index contributed by atoms with van der Waals surface area (Å²) in [7, 11) is 0. The van der Waals surface area contributed by atoms with Gasteiger partial charge in [-0.1, -0.05) is 12.1 Å². The lowest BCUT2D eigenvalue weighted by molar-refractivity contribution is 0.685. The molecule has 0 saturated heterocycles. The van der Waals surface area contributed by atoms with Gasteiger partial charge in [0.15, 0.2) is 0 Å². The van der Waals surface area contributed by atoms with E-state index in [1.54, 1.807) is 12.7 Å². The maximum Gasteiger partial charge on any atom is 0.137 e. The van der Waals surface area contributed by atoms with Crippen LogP contribution in [0.2, 0.25) is 0 Å². The molecular weight excluding hydrogens is 262 g/mol. The van der Waals surface area contributed by atoms with Gasteiger partial charge in [-0.25, -0.2) is 9.67 Å². The van der Waals surface area contributed by atoms with Gasteiger partial charge >= 0.3 is 0 Å². The number of anilines is 1. The van der Waals surface area contributed by atoms with Crippen LogP contribution in [0, 0.1) is 6.92 Å². The third-order valence-electron chi connectivity index (χ3n) is 3.37. The molecule has 5 nitrogen and oxygen atoms in total. The highest BCUT2D eigenvalue weighted by molar-refractivity contribution is 5.46. The van der Waals surface area contributed by atoms with Gasteiger partial charge in [0.25, 0.3) is 0 Å². The van der Waals surface area contributed by atoms with Crippen LogP contribution in [0.3, 0.4) is 0 Å². The molecule has 0 amide bonds. The van der Waals surface area contributed by atoms with Crippen LogP contribution in [0.4, 0.5) is 5.69 Å². The van der Waals surface area contributed by atoms with Gasteiger partial charge in [0.2, 0.25) is 0 Å². The molecular formula is C16H17N5. The van der Waals surface area contributed by atoms with E-state index in [1.165, 1.54) is 16.7 Å². The second kappa shape index (κ2) is 6.17. The summed E-state index contributed by atoms with van der Waals surface area (Å²) in [5, 5.41) is 7.56. The molecule has 0 saturated carbocycles. The molecule has 0 aliphatic rings. The van der Waals surface area contributed by atoms with Gasteiger partial charge in [0.1, 0.15) is 12.7 Å². The topological polar surface area (TPSA) is 55.6 Å². The molecule has 1 aromatic carbocycles. The number of aromatic nitrogens is 4. The number of hydrogen-bond donors (Lipinski definition) is 1. The first-order valence-electron chi connectivity index (χ1n) is 6.86. The lowest BCUT2D eigenvalue weighted by atomic mass is 10.1. The summed E-state index contributed by atoms with van der Waals surface area (Å²) in [5.41, 5.74) is 4.74. The molecule has 106 valence electrons. The Bertz CT molecular complexity index is 706. The summed E-state index contributed by atoms with van der Waals surface area (Å²) in [6.07, 6.45) is 6.99. The average Bonchev–Trinajstić information content (AvgIpc) is 3.00. The van der Waals surface area contributed by atoms with Crippen LogP contribution in [0.15, 0.2) is 55.4 Å². The van der Waals surface area contributed by atoms with Crippen LogP contribution >= 0.6 is 0 Å². The van der Waals surface area contributed by atoms with E-state index in [1.807, 2.05) is 29.2 Å². The summed E-state index contributed by atoms with van der Waals surface area (Å²) in [5.74, 6) is 0. The smallest absolute Gasteiger partial charge is 0.137 e. The Morgan fingerprint density at radius 3 is 2.95 bits per heavy atom. The van der Waals surface area contributed by atoms with Crippen molar-refractivity contribution in [3.05, 3.63) is 72.1 Å². The molecule has 3 rings (SSSR count). The van der Waals surface area contributed by atoms with Crippen molar-refractivity contribution in [3.8, 4) is 0 Å². The second-order valence-corrected chi connectivity index (χ2v) is 4.95. The van der Waals surface area contributed by atoms with E-state index >= 15 is 0 Å². The monoisotopic (exact) mass is 279 g/mol. The highest BCUT2D eigenvalue weighted by atomic mass is 15.3. The Kier molecular flexibility index (Phi) is 3.91. The average molecular weight is 279 g/mol. The Labute approximate surface area is 123 Å². The first kappa shape index (κ1) is 13.3. The number of benzene rings is 1. The zero-order chi connectivity index (χ0) is 14.5. The largest absolute Gasteiger partial charge is 0.381 e. The Morgan fingerprint density at radius 1 is 1.19 bits per heavy atom. The first-order chi connectivity index (χ1) is 10.3. The minimum absolute atomic E-state index is 0.724. The third kappa shape index (κ3) is 3.45. The number of rotatable bonds is 5. The van der Waals surface area contributed by atoms with Crippen LogP contribution in [-0.2, 0) is 13.1 Å². The zero-order valence-electron chi connectivity index (χ0n) is 11.9. The van der Waals surface area contributed by atoms with E-state index in [0.717, 1.165) is 18.8 Å². The molecule has 0 fully saturated rings. The maximum atomic E-state index is 4.17. The van der Waals surface area contributed by atoms with E-state index in [-0.39, 0.29) is 0 Å². The molecule has 0 unspecified atom stereocenters. The Morgan fingerprint density at radius 2 is 2.14 bits per heavy atom. The van der Waals surface area contributed by atoms with E-state index in [4.69, 9.17) is 0 Å². The van der Waals surface area contributed by atoms with Gasteiger partial charge in [0, 0.05) is 24.6 Å². The fourth-order valence-corrected chi connectivity index (χ4v) is 2.16. The summed E-state index contributed by atoms with van der Waals surface area (Å²) in [6, 6.07) is 10.4. The van der Waals surface area contributed by atoms with Gasteiger partial charge in [-0.2, -0.15) is 5.10 Å². The van der Waals surface area contributed by atoms with Crippen molar-refractivity contribution in [2.24, 2.45) is 0 Å². The summed E-state index contributed by atoms with van der Waals surface area (Å²) >= 11 is 0. The molecule has 2 aromatic heterocycles. The summed E-state index contributed by atoms with van der Waals surface area (Å²) < 4.78 is 1.81. The van der Waals surface area contributed by atoms with E-state index in [2.05, 4.69) is 45.5 Å².